The third kappa shape index (κ3) is 12.3. The maximum absolute atomic E-state index is 6.01. The van der Waals surface area contributed by atoms with E-state index in [9.17, 15) is 0 Å². The minimum atomic E-state index is -0.473. The molecule has 3 aromatic heterocycles. The third-order valence-electron chi connectivity index (χ3n) is 6.88. The van der Waals surface area contributed by atoms with Crippen molar-refractivity contribution in [2.24, 2.45) is 0 Å². The molecule has 0 radical (unpaired) electrons. The zero-order valence-electron chi connectivity index (χ0n) is 29.3. The largest absolute Gasteiger partial charge is 0.484 e. The first-order valence-electron chi connectivity index (χ1n) is 15.8. The smallest absolute Gasteiger partial charge is 0.242 e. The summed E-state index contributed by atoms with van der Waals surface area (Å²) in [6, 6.07) is 19.1. The van der Waals surface area contributed by atoms with E-state index in [1.807, 2.05) is 12.1 Å². The summed E-state index contributed by atoms with van der Waals surface area (Å²) >= 11 is 23.7. The highest BCUT2D eigenvalue weighted by Crippen LogP contribution is 2.32. The number of nitrogens with zero attached hydrogens (tertiary/aromatic N) is 9. The van der Waals surface area contributed by atoms with Gasteiger partial charge in [0, 0.05) is 10.0 Å². The molecule has 3 heterocycles. The van der Waals surface area contributed by atoms with Crippen molar-refractivity contribution in [2.75, 3.05) is 34.4 Å². The van der Waals surface area contributed by atoms with Crippen molar-refractivity contribution in [1.29, 1.82) is 0 Å². The van der Waals surface area contributed by atoms with E-state index in [1.165, 1.54) is 0 Å². The van der Waals surface area contributed by atoms with Gasteiger partial charge in [0.2, 0.25) is 17.8 Å². The Morgan fingerprint density at radius 1 is 0.455 bits per heavy atom. The van der Waals surface area contributed by atoms with Gasteiger partial charge >= 0.3 is 0 Å². The van der Waals surface area contributed by atoms with E-state index >= 15 is 0 Å². The van der Waals surface area contributed by atoms with Crippen LogP contribution in [0.3, 0.4) is 0 Å². The fourth-order valence-corrected chi connectivity index (χ4v) is 5.16. The SMILES string of the molecule is CC(Oc1ccc(Cl)cc1Cl)c1nnc(N)nc1N.CC(Oc1cccc(Cl)c1)c1nnc(N)nc1N.CC(Oc1ccccc1Cl)c1nnc(N)nc1N. The van der Waals surface area contributed by atoms with Crippen LogP contribution in [0, 0.1) is 0 Å². The molecule has 0 bridgehead atoms. The van der Waals surface area contributed by atoms with Crippen LogP contribution in [0.2, 0.25) is 20.1 Å². The lowest BCUT2D eigenvalue weighted by atomic mass is 10.2. The van der Waals surface area contributed by atoms with Gasteiger partial charge in [-0.25, -0.2) is 0 Å². The first-order chi connectivity index (χ1) is 26.1. The summed E-state index contributed by atoms with van der Waals surface area (Å²) in [6.07, 6.45) is -1.30. The monoisotopic (exact) mass is 829 g/mol. The van der Waals surface area contributed by atoms with Crippen LogP contribution in [0.5, 0.6) is 17.2 Å². The topological polar surface area (TPSA) is 300 Å². The quantitative estimate of drug-likeness (QED) is 0.0953. The number of hydrogen-bond donors (Lipinski definition) is 6. The van der Waals surface area contributed by atoms with E-state index in [1.54, 1.807) is 75.4 Å². The molecule has 6 rings (SSSR count). The van der Waals surface area contributed by atoms with E-state index in [-0.39, 0.29) is 35.3 Å². The standard InChI is InChI=1S/C11H11Cl2N5O.2C11H12ClN5O/c1-5(9-10(14)16-11(15)18-17-9)19-8-3-2-6(12)4-7(8)13;1-6(9-10(13)15-11(14)17-16-9)18-8-4-2-3-7(12)5-8;1-6(9-10(13)15-11(14)17-16-9)18-8-5-3-2-4-7(8)12/h2-5H,1H3,(H4,14,15,16,18);2*2-6H,1H3,(H4,13,14,15,17). The first-order valence-corrected chi connectivity index (χ1v) is 17.3. The van der Waals surface area contributed by atoms with E-state index in [0.29, 0.717) is 54.4 Å². The first kappa shape index (κ1) is 41.8. The summed E-state index contributed by atoms with van der Waals surface area (Å²) < 4.78 is 17.0. The Morgan fingerprint density at radius 2 is 0.891 bits per heavy atom. The zero-order chi connectivity index (χ0) is 40.2. The number of rotatable bonds is 9. The summed E-state index contributed by atoms with van der Waals surface area (Å²) in [6.45, 7) is 5.32. The molecule has 22 heteroatoms. The minimum absolute atomic E-state index is 0.0120. The van der Waals surface area contributed by atoms with Crippen LogP contribution in [-0.2, 0) is 0 Å². The van der Waals surface area contributed by atoms with Crippen LogP contribution in [0.25, 0.3) is 0 Å². The Labute approximate surface area is 334 Å². The van der Waals surface area contributed by atoms with Gasteiger partial charge in [-0.05, 0) is 69.3 Å². The van der Waals surface area contributed by atoms with Crippen LogP contribution >= 0.6 is 46.4 Å². The number of aromatic nitrogens is 9. The van der Waals surface area contributed by atoms with Crippen LogP contribution in [0.4, 0.5) is 35.3 Å². The molecule has 55 heavy (non-hydrogen) atoms. The van der Waals surface area contributed by atoms with Gasteiger partial charge in [0.1, 0.15) is 52.6 Å². The van der Waals surface area contributed by atoms with Crippen molar-refractivity contribution < 1.29 is 14.2 Å². The molecule has 0 saturated carbocycles. The highest BCUT2D eigenvalue weighted by molar-refractivity contribution is 6.35. The number of nitrogens with two attached hydrogens (primary N) is 6. The Bertz CT molecular complexity index is 2220. The van der Waals surface area contributed by atoms with Gasteiger partial charge in [-0.1, -0.05) is 64.6 Å². The van der Waals surface area contributed by atoms with Crippen molar-refractivity contribution in [3.8, 4) is 17.2 Å². The maximum atomic E-state index is 6.01. The maximum Gasteiger partial charge on any atom is 0.242 e. The second kappa shape index (κ2) is 19.4. The van der Waals surface area contributed by atoms with Crippen LogP contribution in [0.1, 0.15) is 56.2 Å². The second-order valence-corrected chi connectivity index (χ2v) is 12.8. The number of hydrogen-bond acceptors (Lipinski definition) is 18. The normalized spacial score (nSPS) is 12.1. The summed E-state index contributed by atoms with van der Waals surface area (Å²) in [4.78, 5) is 11.5. The molecule has 0 saturated heterocycles. The number of ether oxygens (including phenoxy) is 3. The Balaban J connectivity index is 0.000000184. The van der Waals surface area contributed by atoms with Gasteiger partial charge in [0.15, 0.2) is 17.5 Å². The number of benzene rings is 3. The summed E-state index contributed by atoms with van der Waals surface area (Å²) in [7, 11) is 0. The molecule has 6 aromatic rings. The van der Waals surface area contributed by atoms with Gasteiger partial charge in [0.25, 0.3) is 0 Å². The van der Waals surface area contributed by atoms with E-state index in [0.717, 1.165) is 0 Å². The Kier molecular flexibility index (Phi) is 14.7. The minimum Gasteiger partial charge on any atom is -0.484 e. The molecule has 0 fully saturated rings. The zero-order valence-corrected chi connectivity index (χ0v) is 32.3. The molecule has 0 aliphatic rings. The molecule has 0 amide bonds. The lowest BCUT2D eigenvalue weighted by Gasteiger charge is -2.15. The van der Waals surface area contributed by atoms with Gasteiger partial charge in [0.05, 0.1) is 10.0 Å². The molecular weight excluding hydrogens is 796 g/mol. The van der Waals surface area contributed by atoms with E-state index < -0.39 is 18.3 Å². The molecule has 0 aliphatic carbocycles. The molecule has 0 aliphatic heterocycles. The fourth-order valence-electron chi connectivity index (χ4n) is 4.35. The molecule has 3 aromatic carbocycles. The van der Waals surface area contributed by atoms with Gasteiger partial charge in [-0.15, -0.1) is 30.6 Å². The summed E-state index contributed by atoms with van der Waals surface area (Å²) in [5.74, 6) is 2.28. The average Bonchev–Trinajstić information content (AvgIpc) is 3.11. The Hall–Kier alpha value is -5.95. The molecule has 18 nitrogen and oxygen atoms in total. The number of nitrogen functional groups attached to an aromatic ring is 6. The molecule has 288 valence electrons. The average molecular weight is 832 g/mol. The lowest BCUT2D eigenvalue weighted by Crippen LogP contribution is -2.13. The lowest BCUT2D eigenvalue weighted by molar-refractivity contribution is 0.221. The van der Waals surface area contributed by atoms with Gasteiger partial charge in [-0.2, -0.15) is 15.0 Å². The molecule has 3 unspecified atom stereocenters. The van der Waals surface area contributed by atoms with Crippen molar-refractivity contribution in [1.82, 2.24) is 45.5 Å². The van der Waals surface area contributed by atoms with Crippen LogP contribution in [-0.4, -0.2) is 45.5 Å². The predicted octanol–water partition coefficient (Wildman–Crippen LogP) is 6.14. The molecule has 12 N–H and O–H groups in total. The van der Waals surface area contributed by atoms with Crippen molar-refractivity contribution >= 4 is 81.7 Å². The second-order valence-electron chi connectivity index (χ2n) is 11.1. The third-order valence-corrected chi connectivity index (χ3v) is 7.95. The highest BCUT2D eigenvalue weighted by Gasteiger charge is 2.18. The number of anilines is 6. The fraction of sp³-hybridized carbons (Fsp3) is 0.182. The van der Waals surface area contributed by atoms with Crippen LogP contribution in [0.15, 0.2) is 66.7 Å². The number of halogens is 4. The predicted molar refractivity (Wildman–Crippen MR) is 212 cm³/mol. The van der Waals surface area contributed by atoms with Gasteiger partial charge in [-0.3, -0.25) is 0 Å². The van der Waals surface area contributed by atoms with E-state index in [2.05, 4.69) is 45.5 Å². The van der Waals surface area contributed by atoms with Crippen molar-refractivity contribution in [3.63, 3.8) is 0 Å². The molecular formula is C33H35Cl4N15O3. The summed E-state index contributed by atoms with van der Waals surface area (Å²) in [5.41, 5.74) is 34.5. The van der Waals surface area contributed by atoms with E-state index in [4.69, 9.17) is 95.0 Å². The highest BCUT2D eigenvalue weighted by atomic mass is 35.5. The van der Waals surface area contributed by atoms with Gasteiger partial charge < -0.3 is 48.6 Å². The van der Waals surface area contributed by atoms with Crippen LogP contribution < -0.4 is 48.6 Å². The van der Waals surface area contributed by atoms with Crippen molar-refractivity contribution in [2.45, 2.75) is 39.1 Å². The summed E-state index contributed by atoms with van der Waals surface area (Å²) in [5, 5.41) is 24.6. The number of para-hydroxylation sites is 1. The molecule has 0 spiro atoms. The molecule has 3 atom stereocenters. The van der Waals surface area contributed by atoms with Crippen molar-refractivity contribution in [3.05, 3.63) is 104 Å². The Morgan fingerprint density at radius 3 is 1.33 bits per heavy atom.